The second kappa shape index (κ2) is 11.7. The number of piperazine rings is 2. The zero-order valence-electron chi connectivity index (χ0n) is 19.6. The Morgan fingerprint density at radius 1 is 1.00 bits per heavy atom. The van der Waals surface area contributed by atoms with Gasteiger partial charge in [-0.05, 0) is 24.9 Å². The molecule has 1 aromatic carbocycles. The molecule has 168 valence electrons. The second-order valence-corrected chi connectivity index (χ2v) is 8.99. The van der Waals surface area contributed by atoms with E-state index in [0.717, 1.165) is 45.1 Å². The molecular weight excluding hydrogens is 372 g/mol. The van der Waals surface area contributed by atoms with E-state index in [9.17, 15) is 0 Å². The van der Waals surface area contributed by atoms with Crippen LogP contribution in [0.5, 0.6) is 0 Å². The summed E-state index contributed by atoms with van der Waals surface area (Å²) in [5.74, 6) is 1.68. The molecule has 1 N–H and O–H groups in total. The highest BCUT2D eigenvalue weighted by atomic mass is 15.4. The fraction of sp³-hybridized carbons (Fsp3) is 0.708. The number of nitrogens with one attached hydrogen (secondary N) is 1. The normalized spacial score (nSPS) is 22.1. The molecule has 0 amide bonds. The summed E-state index contributed by atoms with van der Waals surface area (Å²) in [4.78, 5) is 14.7. The highest BCUT2D eigenvalue weighted by Gasteiger charge is 2.25. The molecule has 2 aliphatic rings. The monoisotopic (exact) mass is 414 g/mol. The Hall–Kier alpha value is -1.63. The Bertz CT molecular complexity index is 632. The number of hydrogen-bond acceptors (Lipinski definition) is 4. The molecule has 2 unspecified atom stereocenters. The third-order valence-corrected chi connectivity index (χ3v) is 6.61. The minimum Gasteiger partial charge on any atom is -0.356 e. The lowest BCUT2D eigenvalue weighted by Crippen LogP contribution is -2.54. The van der Waals surface area contributed by atoms with E-state index in [1.54, 1.807) is 0 Å². The molecule has 0 bridgehead atoms. The number of aliphatic imine (C=N–C) groups is 1. The van der Waals surface area contributed by atoms with Crippen LogP contribution in [0.15, 0.2) is 35.3 Å². The van der Waals surface area contributed by atoms with E-state index in [1.807, 2.05) is 7.05 Å². The topological polar surface area (TPSA) is 37.4 Å². The molecule has 0 spiro atoms. The number of hydrogen-bond donors (Lipinski definition) is 1. The van der Waals surface area contributed by atoms with Crippen molar-refractivity contribution in [3.05, 3.63) is 35.9 Å². The van der Waals surface area contributed by atoms with Crippen LogP contribution in [-0.2, 0) is 0 Å². The van der Waals surface area contributed by atoms with Gasteiger partial charge in [0.1, 0.15) is 0 Å². The van der Waals surface area contributed by atoms with E-state index < -0.39 is 0 Å². The molecule has 3 rings (SSSR count). The Labute approximate surface area is 183 Å². The number of nitrogens with zero attached hydrogens (tertiary/aromatic N) is 5. The molecule has 2 heterocycles. The van der Waals surface area contributed by atoms with Gasteiger partial charge in [-0.25, -0.2) is 0 Å². The van der Waals surface area contributed by atoms with Crippen LogP contribution in [0.2, 0.25) is 0 Å². The minimum atomic E-state index is 0.520. The minimum absolute atomic E-state index is 0.520. The highest BCUT2D eigenvalue weighted by Crippen LogP contribution is 2.25. The summed E-state index contributed by atoms with van der Waals surface area (Å²) in [5.41, 5.74) is 1.44. The predicted molar refractivity (Wildman–Crippen MR) is 127 cm³/mol. The quantitative estimate of drug-likeness (QED) is 0.547. The first-order valence-electron chi connectivity index (χ1n) is 11.8. The zero-order valence-corrected chi connectivity index (χ0v) is 19.6. The van der Waals surface area contributed by atoms with E-state index in [-0.39, 0.29) is 0 Å². The van der Waals surface area contributed by atoms with Gasteiger partial charge >= 0.3 is 0 Å². The second-order valence-electron chi connectivity index (χ2n) is 8.99. The molecule has 2 fully saturated rings. The largest absolute Gasteiger partial charge is 0.356 e. The van der Waals surface area contributed by atoms with E-state index in [4.69, 9.17) is 0 Å². The lowest BCUT2D eigenvalue weighted by atomic mass is 10.0. The maximum atomic E-state index is 4.58. The number of benzene rings is 1. The van der Waals surface area contributed by atoms with Crippen LogP contribution < -0.4 is 5.32 Å². The third-order valence-electron chi connectivity index (χ3n) is 6.61. The zero-order chi connectivity index (χ0) is 21.3. The van der Waals surface area contributed by atoms with Gasteiger partial charge in [-0.2, -0.15) is 0 Å². The van der Waals surface area contributed by atoms with Gasteiger partial charge in [-0.15, -0.1) is 0 Å². The van der Waals surface area contributed by atoms with Crippen LogP contribution in [-0.4, -0.2) is 105 Å². The molecule has 0 aromatic heterocycles. The molecule has 30 heavy (non-hydrogen) atoms. The summed E-state index contributed by atoms with van der Waals surface area (Å²) in [6.07, 6.45) is 1.15. The van der Waals surface area contributed by atoms with Crippen LogP contribution in [0.4, 0.5) is 0 Å². The van der Waals surface area contributed by atoms with Gasteiger partial charge in [-0.3, -0.25) is 9.89 Å². The number of likely N-dealkylation sites (N-methyl/N-ethyl adjacent to an activating group) is 1. The molecule has 2 atom stereocenters. The van der Waals surface area contributed by atoms with Gasteiger partial charge in [-0.1, -0.05) is 44.2 Å². The maximum absolute atomic E-state index is 4.58. The van der Waals surface area contributed by atoms with Crippen LogP contribution in [0.1, 0.15) is 31.9 Å². The molecule has 0 saturated carbocycles. The summed E-state index contributed by atoms with van der Waals surface area (Å²) in [6.45, 7) is 15.8. The Balaban J connectivity index is 1.43. The number of guanidine groups is 1. The van der Waals surface area contributed by atoms with Crippen molar-refractivity contribution in [2.24, 2.45) is 10.9 Å². The molecule has 1 aromatic rings. The van der Waals surface area contributed by atoms with Crippen molar-refractivity contribution in [1.29, 1.82) is 0 Å². The van der Waals surface area contributed by atoms with Crippen LogP contribution >= 0.6 is 0 Å². The average molecular weight is 415 g/mol. The SMILES string of the molecule is CCC(c1ccccc1)N1CCN(C(=NC)NCC(C)CN2CCN(C)CC2)CC1. The van der Waals surface area contributed by atoms with Gasteiger partial charge in [0.05, 0.1) is 0 Å². The standard InChI is InChI=1S/C24H42N6/c1-5-23(22-9-7-6-8-10-22)29-15-17-30(18-16-29)24(25-3)26-19-21(2)20-28-13-11-27(4)12-14-28/h6-10,21,23H,5,11-20H2,1-4H3,(H,25,26). The molecule has 0 radical (unpaired) electrons. The highest BCUT2D eigenvalue weighted by molar-refractivity contribution is 5.80. The summed E-state index contributed by atoms with van der Waals surface area (Å²) >= 11 is 0. The molecule has 2 aliphatic heterocycles. The smallest absolute Gasteiger partial charge is 0.193 e. The fourth-order valence-electron chi connectivity index (χ4n) is 4.76. The van der Waals surface area contributed by atoms with E-state index in [1.165, 1.54) is 38.3 Å². The first-order chi connectivity index (χ1) is 14.6. The first kappa shape index (κ1) is 23.0. The van der Waals surface area contributed by atoms with Gasteiger partial charge in [0.25, 0.3) is 0 Å². The third kappa shape index (κ3) is 6.43. The van der Waals surface area contributed by atoms with Crippen molar-refractivity contribution in [2.75, 3.05) is 79.5 Å². The van der Waals surface area contributed by atoms with Gasteiger partial charge in [0, 0.05) is 78.5 Å². The van der Waals surface area contributed by atoms with E-state index in [0.29, 0.717) is 12.0 Å². The van der Waals surface area contributed by atoms with Crippen molar-refractivity contribution in [2.45, 2.75) is 26.3 Å². The molecular formula is C24H42N6. The summed E-state index contributed by atoms with van der Waals surface area (Å²) in [5, 5.41) is 3.65. The molecule has 6 heteroatoms. The fourth-order valence-corrected chi connectivity index (χ4v) is 4.76. The first-order valence-corrected chi connectivity index (χ1v) is 11.8. The predicted octanol–water partition coefficient (Wildman–Crippen LogP) is 2.21. The van der Waals surface area contributed by atoms with Crippen molar-refractivity contribution in [3.63, 3.8) is 0 Å². The Morgan fingerprint density at radius 3 is 2.27 bits per heavy atom. The lowest BCUT2D eigenvalue weighted by molar-refractivity contribution is 0.125. The van der Waals surface area contributed by atoms with Crippen molar-refractivity contribution < 1.29 is 0 Å². The van der Waals surface area contributed by atoms with Crippen LogP contribution in [0, 0.1) is 5.92 Å². The van der Waals surface area contributed by atoms with E-state index >= 15 is 0 Å². The Morgan fingerprint density at radius 2 is 1.67 bits per heavy atom. The van der Waals surface area contributed by atoms with Crippen molar-refractivity contribution >= 4 is 5.96 Å². The maximum Gasteiger partial charge on any atom is 0.193 e. The van der Waals surface area contributed by atoms with Crippen LogP contribution in [0.3, 0.4) is 0 Å². The Kier molecular flexibility index (Phi) is 8.97. The van der Waals surface area contributed by atoms with E-state index in [2.05, 4.69) is 81.1 Å². The van der Waals surface area contributed by atoms with Gasteiger partial charge in [0.15, 0.2) is 5.96 Å². The molecule has 2 saturated heterocycles. The summed E-state index contributed by atoms with van der Waals surface area (Å²) < 4.78 is 0. The van der Waals surface area contributed by atoms with Crippen LogP contribution in [0.25, 0.3) is 0 Å². The van der Waals surface area contributed by atoms with Gasteiger partial charge < -0.3 is 20.0 Å². The average Bonchev–Trinajstić information content (AvgIpc) is 2.78. The van der Waals surface area contributed by atoms with Gasteiger partial charge in [0.2, 0.25) is 0 Å². The summed E-state index contributed by atoms with van der Waals surface area (Å²) in [7, 11) is 4.13. The van der Waals surface area contributed by atoms with Crippen molar-refractivity contribution in [1.82, 2.24) is 24.9 Å². The summed E-state index contributed by atoms with van der Waals surface area (Å²) in [6, 6.07) is 11.5. The molecule has 0 aliphatic carbocycles. The molecule has 6 nitrogen and oxygen atoms in total. The lowest BCUT2D eigenvalue weighted by Gasteiger charge is -2.40. The number of rotatable bonds is 7. The van der Waals surface area contributed by atoms with Crippen molar-refractivity contribution in [3.8, 4) is 0 Å².